The molecule has 1 amide bonds. The van der Waals surface area contributed by atoms with Crippen molar-refractivity contribution in [3.8, 4) is 0 Å². The Kier molecular flexibility index (Phi) is 5.94. The van der Waals surface area contributed by atoms with Gasteiger partial charge in [-0.1, -0.05) is 13.0 Å². The number of hydrogen-bond donors (Lipinski definition) is 1. The van der Waals surface area contributed by atoms with Crippen LogP contribution in [0, 0.1) is 13.8 Å². The van der Waals surface area contributed by atoms with Crippen LogP contribution in [0.1, 0.15) is 30.3 Å². The van der Waals surface area contributed by atoms with E-state index in [1.54, 1.807) is 4.52 Å². The third-order valence-electron chi connectivity index (χ3n) is 5.82. The van der Waals surface area contributed by atoms with Gasteiger partial charge in [0.2, 0.25) is 5.91 Å². The zero-order valence-electron chi connectivity index (χ0n) is 17.9. The molecule has 1 aliphatic rings. The van der Waals surface area contributed by atoms with E-state index in [9.17, 15) is 4.79 Å². The summed E-state index contributed by atoms with van der Waals surface area (Å²) in [6, 6.07) is 9.88. The van der Waals surface area contributed by atoms with Gasteiger partial charge in [0.05, 0.1) is 0 Å². The van der Waals surface area contributed by atoms with Crippen LogP contribution in [-0.2, 0) is 11.2 Å². The summed E-state index contributed by atoms with van der Waals surface area (Å²) in [7, 11) is 0. The van der Waals surface area contributed by atoms with Gasteiger partial charge >= 0.3 is 0 Å². The number of aryl methyl sites for hydroxylation is 3. The van der Waals surface area contributed by atoms with Crippen molar-refractivity contribution in [2.75, 3.05) is 42.9 Å². The van der Waals surface area contributed by atoms with Crippen molar-refractivity contribution >= 4 is 23.1 Å². The van der Waals surface area contributed by atoms with Gasteiger partial charge in [-0.15, -0.1) is 15.3 Å². The van der Waals surface area contributed by atoms with Crippen LogP contribution >= 0.6 is 0 Å². The summed E-state index contributed by atoms with van der Waals surface area (Å²) < 4.78 is 1.77. The number of aromatic nitrogens is 4. The molecule has 0 spiro atoms. The summed E-state index contributed by atoms with van der Waals surface area (Å²) in [5, 5.41) is 16.2. The van der Waals surface area contributed by atoms with E-state index in [1.165, 1.54) is 5.56 Å². The molecule has 3 heterocycles. The second-order valence-corrected chi connectivity index (χ2v) is 7.85. The standard InChI is InChI=1S/C22H29N7O/c1-4-27-11-13-28(14-12-27)21-8-7-19-24-25-20(29(19)26-21)9-10-22(30)23-18-6-5-16(2)17(3)15-18/h5-8,15H,4,9-14H2,1-3H3,(H,23,30). The Hall–Kier alpha value is -3.00. The van der Waals surface area contributed by atoms with Gasteiger partial charge in [-0.2, -0.15) is 4.52 Å². The van der Waals surface area contributed by atoms with Crippen LogP contribution in [-0.4, -0.2) is 63.3 Å². The normalized spacial score (nSPS) is 15.0. The molecule has 0 atom stereocenters. The van der Waals surface area contributed by atoms with E-state index in [0.29, 0.717) is 24.3 Å². The Morgan fingerprint density at radius 2 is 1.83 bits per heavy atom. The van der Waals surface area contributed by atoms with Crippen molar-refractivity contribution in [3.63, 3.8) is 0 Å². The van der Waals surface area contributed by atoms with Crippen LogP contribution < -0.4 is 10.2 Å². The molecular weight excluding hydrogens is 378 g/mol. The average molecular weight is 408 g/mol. The van der Waals surface area contributed by atoms with Gasteiger partial charge in [-0.25, -0.2) is 0 Å². The van der Waals surface area contributed by atoms with Crippen molar-refractivity contribution in [3.05, 3.63) is 47.3 Å². The lowest BCUT2D eigenvalue weighted by atomic mass is 10.1. The molecule has 1 aliphatic heterocycles. The van der Waals surface area contributed by atoms with Crippen molar-refractivity contribution in [2.24, 2.45) is 0 Å². The number of piperazine rings is 1. The summed E-state index contributed by atoms with van der Waals surface area (Å²) >= 11 is 0. The van der Waals surface area contributed by atoms with Gasteiger partial charge in [-0.05, 0) is 55.8 Å². The number of nitrogens with zero attached hydrogens (tertiary/aromatic N) is 6. The van der Waals surface area contributed by atoms with Crippen LogP contribution in [0.25, 0.3) is 5.65 Å². The van der Waals surface area contributed by atoms with Crippen LogP contribution in [0.2, 0.25) is 0 Å². The molecule has 3 aromatic rings. The Morgan fingerprint density at radius 1 is 1.03 bits per heavy atom. The maximum atomic E-state index is 12.4. The number of rotatable bonds is 6. The number of carbonyl (C=O) groups is 1. The minimum atomic E-state index is -0.0400. The second kappa shape index (κ2) is 8.79. The van der Waals surface area contributed by atoms with Gasteiger partial charge in [-0.3, -0.25) is 4.79 Å². The first-order valence-corrected chi connectivity index (χ1v) is 10.6. The third kappa shape index (κ3) is 4.43. The number of anilines is 2. The first-order valence-electron chi connectivity index (χ1n) is 10.6. The highest BCUT2D eigenvalue weighted by Crippen LogP contribution is 2.17. The minimum absolute atomic E-state index is 0.0400. The molecule has 1 saturated heterocycles. The highest BCUT2D eigenvalue weighted by Gasteiger charge is 2.18. The summed E-state index contributed by atoms with van der Waals surface area (Å²) in [6.07, 6.45) is 0.812. The third-order valence-corrected chi connectivity index (χ3v) is 5.82. The Morgan fingerprint density at radius 3 is 2.57 bits per heavy atom. The highest BCUT2D eigenvalue weighted by atomic mass is 16.1. The number of nitrogens with one attached hydrogen (secondary N) is 1. The molecule has 158 valence electrons. The van der Waals surface area contributed by atoms with Crippen molar-refractivity contribution < 1.29 is 4.79 Å². The van der Waals surface area contributed by atoms with Crippen LogP contribution in [0.3, 0.4) is 0 Å². The first-order chi connectivity index (χ1) is 14.5. The number of carbonyl (C=O) groups excluding carboxylic acids is 1. The lowest BCUT2D eigenvalue weighted by Crippen LogP contribution is -2.46. The minimum Gasteiger partial charge on any atom is -0.353 e. The zero-order chi connectivity index (χ0) is 21.1. The first kappa shape index (κ1) is 20.3. The number of likely N-dealkylation sites (N-methyl/N-ethyl adjacent to an activating group) is 1. The molecule has 0 saturated carbocycles. The molecular formula is C22H29N7O. The molecule has 1 N–H and O–H groups in total. The summed E-state index contributed by atoms with van der Waals surface area (Å²) in [6.45, 7) is 11.4. The lowest BCUT2D eigenvalue weighted by Gasteiger charge is -2.34. The molecule has 0 radical (unpaired) electrons. The molecule has 0 bridgehead atoms. The molecule has 4 rings (SSSR count). The fraction of sp³-hybridized carbons (Fsp3) is 0.455. The van der Waals surface area contributed by atoms with Crippen molar-refractivity contribution in [2.45, 2.75) is 33.6 Å². The SMILES string of the molecule is CCN1CCN(c2ccc3nnc(CCC(=O)Nc4ccc(C)c(C)c4)n3n2)CC1. The Labute approximate surface area is 176 Å². The lowest BCUT2D eigenvalue weighted by molar-refractivity contribution is -0.116. The summed E-state index contributed by atoms with van der Waals surface area (Å²) in [5.74, 6) is 1.59. The van der Waals surface area contributed by atoms with Crippen LogP contribution in [0.4, 0.5) is 11.5 Å². The van der Waals surface area contributed by atoms with E-state index < -0.39 is 0 Å². The predicted octanol–water partition coefficient (Wildman–Crippen LogP) is 2.45. The molecule has 2 aromatic heterocycles. The molecule has 0 aliphatic carbocycles. The molecule has 1 aromatic carbocycles. The Balaban J connectivity index is 1.41. The molecule has 0 unspecified atom stereocenters. The van der Waals surface area contributed by atoms with E-state index in [1.807, 2.05) is 37.3 Å². The van der Waals surface area contributed by atoms with E-state index in [2.05, 4.69) is 39.2 Å². The highest BCUT2D eigenvalue weighted by molar-refractivity contribution is 5.90. The number of benzene rings is 1. The molecule has 30 heavy (non-hydrogen) atoms. The molecule has 8 nitrogen and oxygen atoms in total. The van der Waals surface area contributed by atoms with E-state index in [-0.39, 0.29) is 5.91 Å². The Bertz CT molecular complexity index is 1040. The van der Waals surface area contributed by atoms with Crippen molar-refractivity contribution in [1.82, 2.24) is 24.7 Å². The fourth-order valence-corrected chi connectivity index (χ4v) is 3.71. The van der Waals surface area contributed by atoms with E-state index >= 15 is 0 Å². The summed E-state index contributed by atoms with van der Waals surface area (Å²) in [4.78, 5) is 17.1. The monoisotopic (exact) mass is 407 g/mol. The van der Waals surface area contributed by atoms with Gasteiger partial charge in [0.1, 0.15) is 5.82 Å². The number of hydrogen-bond acceptors (Lipinski definition) is 6. The maximum Gasteiger partial charge on any atom is 0.224 e. The van der Waals surface area contributed by atoms with Gasteiger partial charge in [0.25, 0.3) is 0 Å². The van der Waals surface area contributed by atoms with Gasteiger partial charge in [0, 0.05) is 44.7 Å². The second-order valence-electron chi connectivity index (χ2n) is 7.85. The molecule has 1 fully saturated rings. The van der Waals surface area contributed by atoms with Crippen LogP contribution in [0.5, 0.6) is 0 Å². The van der Waals surface area contributed by atoms with E-state index in [0.717, 1.165) is 49.8 Å². The predicted molar refractivity (Wildman–Crippen MR) is 118 cm³/mol. The topological polar surface area (TPSA) is 78.7 Å². The van der Waals surface area contributed by atoms with Gasteiger partial charge < -0.3 is 15.1 Å². The number of fused-ring (bicyclic) bond motifs is 1. The van der Waals surface area contributed by atoms with Gasteiger partial charge in [0.15, 0.2) is 11.5 Å². The quantitative estimate of drug-likeness (QED) is 0.676. The fourth-order valence-electron chi connectivity index (χ4n) is 3.71. The smallest absolute Gasteiger partial charge is 0.224 e. The molecule has 8 heteroatoms. The van der Waals surface area contributed by atoms with Crippen LogP contribution in [0.15, 0.2) is 30.3 Å². The average Bonchev–Trinajstić information content (AvgIpc) is 3.17. The number of amides is 1. The maximum absolute atomic E-state index is 12.4. The largest absolute Gasteiger partial charge is 0.353 e. The van der Waals surface area contributed by atoms with Crippen molar-refractivity contribution in [1.29, 1.82) is 0 Å². The zero-order valence-corrected chi connectivity index (χ0v) is 17.9. The summed E-state index contributed by atoms with van der Waals surface area (Å²) in [5.41, 5.74) is 3.89. The van der Waals surface area contributed by atoms with E-state index in [4.69, 9.17) is 5.10 Å².